The Bertz CT molecular complexity index is 1120. The van der Waals surface area contributed by atoms with Crippen LogP contribution in [0.15, 0.2) is 97.1 Å². The fourth-order valence-electron chi connectivity index (χ4n) is 3.18. The number of hydrogen-bond acceptors (Lipinski definition) is 3. The van der Waals surface area contributed by atoms with E-state index in [0.29, 0.717) is 11.1 Å². The van der Waals surface area contributed by atoms with Crippen LogP contribution in [0.2, 0.25) is 0 Å². The molecule has 0 saturated heterocycles. The Morgan fingerprint density at radius 1 is 0.567 bits per heavy atom. The molecule has 0 saturated carbocycles. The Kier molecular flexibility index (Phi) is 5.62. The Morgan fingerprint density at radius 2 is 0.967 bits per heavy atom. The Labute approximate surface area is 176 Å². The van der Waals surface area contributed by atoms with Gasteiger partial charge < -0.3 is 9.47 Å². The highest BCUT2D eigenvalue weighted by Crippen LogP contribution is 2.26. The van der Waals surface area contributed by atoms with E-state index in [9.17, 15) is 4.79 Å². The third-order valence-corrected chi connectivity index (χ3v) is 4.94. The van der Waals surface area contributed by atoms with E-state index in [2.05, 4.69) is 6.92 Å². The first-order chi connectivity index (χ1) is 14.6. The zero-order valence-corrected chi connectivity index (χ0v) is 17.0. The molecule has 3 nitrogen and oxygen atoms in total. The quantitative estimate of drug-likeness (QED) is 0.342. The number of carbonyl (C=O) groups excluding carboxylic acids is 1. The predicted octanol–water partition coefficient (Wildman–Crippen LogP) is 6.69. The summed E-state index contributed by atoms with van der Waals surface area (Å²) >= 11 is 0. The molecule has 0 bridgehead atoms. The summed E-state index contributed by atoms with van der Waals surface area (Å²) in [4.78, 5) is 12.7. The van der Waals surface area contributed by atoms with Gasteiger partial charge in [0.1, 0.15) is 17.2 Å². The van der Waals surface area contributed by atoms with Crippen molar-refractivity contribution in [2.75, 3.05) is 7.11 Å². The number of ketones is 1. The van der Waals surface area contributed by atoms with Gasteiger partial charge in [-0.05, 0) is 66.6 Å². The normalized spacial score (nSPS) is 10.5. The third-order valence-electron chi connectivity index (χ3n) is 4.94. The number of benzene rings is 4. The van der Waals surface area contributed by atoms with Gasteiger partial charge in [0, 0.05) is 11.1 Å². The molecule has 0 amide bonds. The standard InChI is InChI=1S/C27H22O3/c1-19-3-13-25(14-4-19)30-26-17-9-21(10-18-26)20-5-7-22(8-6-20)27(28)23-11-15-24(29-2)16-12-23/h3-18H,1-2H3. The average Bonchev–Trinajstić information content (AvgIpc) is 2.81. The van der Waals surface area contributed by atoms with Gasteiger partial charge in [0.15, 0.2) is 5.78 Å². The van der Waals surface area contributed by atoms with Crippen LogP contribution in [0.4, 0.5) is 0 Å². The van der Waals surface area contributed by atoms with E-state index < -0.39 is 0 Å². The van der Waals surface area contributed by atoms with E-state index in [-0.39, 0.29) is 5.78 Å². The Morgan fingerprint density at radius 3 is 1.47 bits per heavy atom. The van der Waals surface area contributed by atoms with Gasteiger partial charge in [0.25, 0.3) is 0 Å². The minimum absolute atomic E-state index is 0.00829. The zero-order chi connectivity index (χ0) is 20.9. The summed E-state index contributed by atoms with van der Waals surface area (Å²) in [5, 5.41) is 0. The van der Waals surface area contributed by atoms with Crippen LogP contribution in [0.5, 0.6) is 17.2 Å². The van der Waals surface area contributed by atoms with E-state index in [1.165, 1.54) is 5.56 Å². The molecule has 4 aromatic carbocycles. The van der Waals surface area contributed by atoms with Crippen molar-refractivity contribution in [1.82, 2.24) is 0 Å². The van der Waals surface area contributed by atoms with E-state index in [4.69, 9.17) is 9.47 Å². The van der Waals surface area contributed by atoms with Gasteiger partial charge in [0.05, 0.1) is 7.11 Å². The molecule has 0 heterocycles. The second-order valence-corrected chi connectivity index (χ2v) is 7.07. The summed E-state index contributed by atoms with van der Waals surface area (Å²) in [6, 6.07) is 30.7. The van der Waals surface area contributed by atoms with Gasteiger partial charge in [-0.25, -0.2) is 0 Å². The molecule has 4 aromatic rings. The minimum atomic E-state index is -0.00829. The van der Waals surface area contributed by atoms with Gasteiger partial charge in [0.2, 0.25) is 0 Å². The van der Waals surface area contributed by atoms with Gasteiger partial charge in [-0.3, -0.25) is 4.79 Å². The lowest BCUT2D eigenvalue weighted by atomic mass is 9.99. The molecule has 0 aliphatic carbocycles. The first-order valence-electron chi connectivity index (χ1n) is 9.76. The summed E-state index contributed by atoms with van der Waals surface area (Å²) in [6.07, 6.45) is 0. The monoisotopic (exact) mass is 394 g/mol. The summed E-state index contributed by atoms with van der Waals surface area (Å²) in [6.45, 7) is 2.05. The van der Waals surface area contributed by atoms with Crippen LogP contribution in [0.25, 0.3) is 11.1 Å². The first kappa shape index (κ1) is 19.5. The van der Waals surface area contributed by atoms with Crippen LogP contribution in [0.1, 0.15) is 21.5 Å². The topological polar surface area (TPSA) is 35.5 Å². The number of rotatable bonds is 6. The van der Waals surface area contributed by atoms with E-state index in [1.807, 2.05) is 72.8 Å². The maximum atomic E-state index is 12.7. The largest absolute Gasteiger partial charge is 0.497 e. The molecule has 148 valence electrons. The number of aryl methyl sites for hydroxylation is 1. The van der Waals surface area contributed by atoms with E-state index in [1.54, 1.807) is 31.4 Å². The molecule has 30 heavy (non-hydrogen) atoms. The highest BCUT2D eigenvalue weighted by atomic mass is 16.5. The van der Waals surface area contributed by atoms with Crippen LogP contribution < -0.4 is 9.47 Å². The van der Waals surface area contributed by atoms with E-state index in [0.717, 1.165) is 28.4 Å². The lowest BCUT2D eigenvalue weighted by Gasteiger charge is -2.08. The second-order valence-electron chi connectivity index (χ2n) is 7.07. The van der Waals surface area contributed by atoms with Crippen molar-refractivity contribution < 1.29 is 14.3 Å². The molecule has 0 aromatic heterocycles. The molecule has 0 radical (unpaired) electrons. The third kappa shape index (κ3) is 4.41. The van der Waals surface area contributed by atoms with Crippen LogP contribution in [-0.4, -0.2) is 12.9 Å². The van der Waals surface area contributed by atoms with Crippen LogP contribution in [0, 0.1) is 6.92 Å². The van der Waals surface area contributed by atoms with Crippen molar-refractivity contribution in [2.24, 2.45) is 0 Å². The highest BCUT2D eigenvalue weighted by Gasteiger charge is 2.09. The highest BCUT2D eigenvalue weighted by molar-refractivity contribution is 6.09. The zero-order valence-electron chi connectivity index (χ0n) is 17.0. The molecule has 0 aliphatic rings. The van der Waals surface area contributed by atoms with Crippen LogP contribution in [0.3, 0.4) is 0 Å². The molecule has 0 spiro atoms. The minimum Gasteiger partial charge on any atom is -0.497 e. The van der Waals surface area contributed by atoms with Crippen molar-refractivity contribution in [1.29, 1.82) is 0 Å². The first-order valence-corrected chi connectivity index (χ1v) is 9.76. The van der Waals surface area contributed by atoms with Crippen molar-refractivity contribution in [3.8, 4) is 28.4 Å². The molecular formula is C27H22O3. The van der Waals surface area contributed by atoms with Crippen molar-refractivity contribution in [3.63, 3.8) is 0 Å². The Balaban J connectivity index is 1.46. The smallest absolute Gasteiger partial charge is 0.193 e. The van der Waals surface area contributed by atoms with Crippen molar-refractivity contribution >= 4 is 5.78 Å². The van der Waals surface area contributed by atoms with Gasteiger partial charge in [-0.15, -0.1) is 0 Å². The molecule has 0 atom stereocenters. The summed E-state index contributed by atoms with van der Waals surface area (Å²) in [5.74, 6) is 2.33. The molecule has 0 aliphatic heterocycles. The Hall–Kier alpha value is -3.85. The molecular weight excluding hydrogens is 372 g/mol. The number of ether oxygens (including phenoxy) is 2. The van der Waals surface area contributed by atoms with Gasteiger partial charge in [-0.2, -0.15) is 0 Å². The number of methoxy groups -OCH3 is 1. The van der Waals surface area contributed by atoms with Crippen molar-refractivity contribution in [2.45, 2.75) is 6.92 Å². The number of carbonyl (C=O) groups is 1. The van der Waals surface area contributed by atoms with E-state index >= 15 is 0 Å². The summed E-state index contributed by atoms with van der Waals surface area (Å²) in [7, 11) is 1.61. The van der Waals surface area contributed by atoms with Gasteiger partial charge in [-0.1, -0.05) is 54.1 Å². The maximum absolute atomic E-state index is 12.7. The fraction of sp³-hybridized carbons (Fsp3) is 0.0741. The SMILES string of the molecule is COc1ccc(C(=O)c2ccc(-c3ccc(Oc4ccc(C)cc4)cc3)cc2)cc1. The van der Waals surface area contributed by atoms with Crippen LogP contribution >= 0.6 is 0 Å². The molecule has 4 rings (SSSR count). The maximum Gasteiger partial charge on any atom is 0.193 e. The summed E-state index contributed by atoms with van der Waals surface area (Å²) in [5.41, 5.74) is 4.61. The van der Waals surface area contributed by atoms with Crippen molar-refractivity contribution in [3.05, 3.63) is 114 Å². The number of hydrogen-bond donors (Lipinski definition) is 0. The summed E-state index contributed by atoms with van der Waals surface area (Å²) < 4.78 is 11.0. The second kappa shape index (κ2) is 8.66. The lowest BCUT2D eigenvalue weighted by molar-refractivity contribution is 0.103. The molecule has 0 unspecified atom stereocenters. The fourth-order valence-corrected chi connectivity index (χ4v) is 3.18. The average molecular weight is 394 g/mol. The molecule has 0 N–H and O–H groups in total. The molecule has 0 fully saturated rings. The predicted molar refractivity (Wildman–Crippen MR) is 120 cm³/mol. The lowest BCUT2D eigenvalue weighted by Crippen LogP contribution is -2.01. The molecule has 3 heteroatoms. The van der Waals surface area contributed by atoms with Crippen LogP contribution in [-0.2, 0) is 0 Å². The van der Waals surface area contributed by atoms with Gasteiger partial charge >= 0.3 is 0 Å².